The minimum absolute atomic E-state index is 0.241. The molecule has 6 nitrogen and oxygen atoms in total. The number of anilines is 1. The van der Waals surface area contributed by atoms with Crippen molar-refractivity contribution >= 4 is 17.6 Å². The van der Waals surface area contributed by atoms with Crippen LogP contribution in [0, 0.1) is 0 Å². The lowest BCUT2D eigenvalue weighted by molar-refractivity contribution is 0.0505. The van der Waals surface area contributed by atoms with Crippen molar-refractivity contribution in [1.29, 1.82) is 0 Å². The van der Waals surface area contributed by atoms with Gasteiger partial charge in [-0.25, -0.2) is 4.79 Å². The van der Waals surface area contributed by atoms with Gasteiger partial charge in [0, 0.05) is 18.4 Å². The van der Waals surface area contributed by atoms with E-state index in [-0.39, 0.29) is 11.9 Å². The minimum Gasteiger partial charge on any atom is -0.491 e. The number of methoxy groups -OCH3 is 1. The summed E-state index contributed by atoms with van der Waals surface area (Å²) in [4.78, 5) is 24.0. The maximum Gasteiger partial charge on any atom is 0.338 e. The molecule has 0 saturated heterocycles. The van der Waals surface area contributed by atoms with Gasteiger partial charge in [0.25, 0.3) is 5.91 Å². The number of benzene rings is 2. The summed E-state index contributed by atoms with van der Waals surface area (Å²) in [6, 6.07) is 13.4. The quantitative estimate of drug-likeness (QED) is 0.549. The molecule has 0 spiro atoms. The zero-order valence-corrected chi connectivity index (χ0v) is 15.0. The van der Waals surface area contributed by atoms with Crippen molar-refractivity contribution in [2.45, 2.75) is 13.3 Å². The van der Waals surface area contributed by atoms with E-state index >= 15 is 0 Å². The van der Waals surface area contributed by atoms with E-state index in [2.05, 4.69) is 5.32 Å². The number of rotatable bonds is 9. The van der Waals surface area contributed by atoms with Crippen LogP contribution in [0.4, 0.5) is 5.69 Å². The molecular weight excluding hydrogens is 334 g/mol. The molecule has 0 fully saturated rings. The summed E-state index contributed by atoms with van der Waals surface area (Å²) >= 11 is 0. The molecular formula is C20H23NO5. The number of amides is 1. The van der Waals surface area contributed by atoms with Gasteiger partial charge < -0.3 is 19.5 Å². The third-order valence-electron chi connectivity index (χ3n) is 3.49. The molecule has 0 aliphatic rings. The Morgan fingerprint density at radius 1 is 0.885 bits per heavy atom. The van der Waals surface area contributed by atoms with E-state index in [0.29, 0.717) is 42.4 Å². The van der Waals surface area contributed by atoms with Crippen molar-refractivity contribution < 1.29 is 23.8 Å². The van der Waals surface area contributed by atoms with Crippen LogP contribution in [-0.2, 0) is 9.47 Å². The summed E-state index contributed by atoms with van der Waals surface area (Å²) in [5.74, 6) is 0.0667. The van der Waals surface area contributed by atoms with E-state index in [1.807, 2.05) is 6.92 Å². The zero-order chi connectivity index (χ0) is 18.8. The van der Waals surface area contributed by atoms with E-state index in [9.17, 15) is 9.59 Å². The Bertz CT molecular complexity index is 710. The highest BCUT2D eigenvalue weighted by molar-refractivity contribution is 6.04. The predicted octanol–water partition coefficient (Wildman–Crippen LogP) is 3.53. The highest BCUT2D eigenvalue weighted by Crippen LogP contribution is 2.15. The van der Waals surface area contributed by atoms with E-state index in [1.165, 1.54) is 0 Å². The monoisotopic (exact) mass is 357 g/mol. The molecule has 0 bridgehead atoms. The van der Waals surface area contributed by atoms with Crippen LogP contribution in [0.5, 0.6) is 5.75 Å². The van der Waals surface area contributed by atoms with Crippen LogP contribution in [0.2, 0.25) is 0 Å². The molecule has 0 atom stereocenters. The third kappa shape index (κ3) is 5.89. The van der Waals surface area contributed by atoms with Gasteiger partial charge in [-0.1, -0.05) is 6.92 Å². The fourth-order valence-electron chi connectivity index (χ4n) is 2.12. The third-order valence-corrected chi connectivity index (χ3v) is 3.49. The van der Waals surface area contributed by atoms with Gasteiger partial charge in [-0.3, -0.25) is 4.79 Å². The van der Waals surface area contributed by atoms with Gasteiger partial charge in [0.15, 0.2) is 0 Å². The molecule has 2 rings (SSSR count). The number of esters is 1. The molecule has 0 saturated carbocycles. The number of hydrogen-bond donors (Lipinski definition) is 1. The van der Waals surface area contributed by atoms with Crippen molar-refractivity contribution in [3.8, 4) is 5.75 Å². The topological polar surface area (TPSA) is 73.9 Å². The lowest BCUT2D eigenvalue weighted by Gasteiger charge is -2.08. The number of ether oxygens (including phenoxy) is 3. The van der Waals surface area contributed by atoms with Gasteiger partial charge >= 0.3 is 5.97 Å². The molecule has 0 heterocycles. The van der Waals surface area contributed by atoms with Gasteiger partial charge in [-0.2, -0.15) is 0 Å². The lowest BCUT2D eigenvalue weighted by Crippen LogP contribution is -2.12. The Balaban J connectivity index is 1.91. The predicted molar refractivity (Wildman–Crippen MR) is 98.8 cm³/mol. The first-order chi connectivity index (χ1) is 12.6. The summed E-state index contributed by atoms with van der Waals surface area (Å²) in [5, 5.41) is 2.79. The molecule has 138 valence electrons. The molecule has 1 N–H and O–H groups in total. The van der Waals surface area contributed by atoms with E-state index in [4.69, 9.17) is 14.2 Å². The highest BCUT2D eigenvalue weighted by Gasteiger charge is 2.09. The van der Waals surface area contributed by atoms with Crippen LogP contribution >= 0.6 is 0 Å². The van der Waals surface area contributed by atoms with Crippen molar-refractivity contribution in [2.24, 2.45) is 0 Å². The van der Waals surface area contributed by atoms with Crippen molar-refractivity contribution in [2.75, 3.05) is 32.2 Å². The second-order valence-electron chi connectivity index (χ2n) is 5.53. The Kier molecular flexibility index (Phi) is 7.64. The summed E-state index contributed by atoms with van der Waals surface area (Å²) in [6.45, 7) is 3.28. The summed E-state index contributed by atoms with van der Waals surface area (Å²) < 4.78 is 15.4. The van der Waals surface area contributed by atoms with Gasteiger partial charge in [0.2, 0.25) is 0 Å². The van der Waals surface area contributed by atoms with Gasteiger partial charge in [0.1, 0.15) is 12.4 Å². The van der Waals surface area contributed by atoms with Crippen LogP contribution in [-0.4, -0.2) is 38.8 Å². The average molecular weight is 357 g/mol. The second-order valence-corrected chi connectivity index (χ2v) is 5.53. The van der Waals surface area contributed by atoms with Crippen LogP contribution in [0.1, 0.15) is 34.1 Å². The fourth-order valence-corrected chi connectivity index (χ4v) is 2.12. The van der Waals surface area contributed by atoms with Gasteiger partial charge in [-0.05, 0) is 55.0 Å². The van der Waals surface area contributed by atoms with Gasteiger partial charge in [0.05, 0.1) is 18.8 Å². The molecule has 26 heavy (non-hydrogen) atoms. The molecule has 2 aromatic carbocycles. The highest BCUT2D eigenvalue weighted by atomic mass is 16.5. The van der Waals surface area contributed by atoms with Crippen LogP contribution in [0.3, 0.4) is 0 Å². The maximum absolute atomic E-state index is 12.3. The van der Waals surface area contributed by atoms with E-state index in [1.54, 1.807) is 55.6 Å². The van der Waals surface area contributed by atoms with Crippen molar-refractivity contribution in [1.82, 2.24) is 0 Å². The SMILES string of the molecule is CCCOC(=O)c1ccc(NC(=O)c2ccc(OCCOC)cc2)cc1. The Morgan fingerprint density at radius 3 is 2.15 bits per heavy atom. The molecule has 0 aliphatic carbocycles. The fraction of sp³-hybridized carbons (Fsp3) is 0.300. The molecule has 0 aliphatic heterocycles. The van der Waals surface area contributed by atoms with Crippen molar-refractivity contribution in [3.63, 3.8) is 0 Å². The average Bonchev–Trinajstić information content (AvgIpc) is 2.67. The Labute approximate surface area is 153 Å². The first-order valence-corrected chi connectivity index (χ1v) is 8.44. The first kappa shape index (κ1) is 19.5. The standard InChI is InChI=1S/C20H23NO5/c1-3-12-26-20(23)16-4-8-17(9-5-16)21-19(22)15-6-10-18(11-7-15)25-14-13-24-2/h4-11H,3,12-14H2,1-2H3,(H,21,22). The zero-order valence-electron chi connectivity index (χ0n) is 15.0. The molecule has 6 heteroatoms. The van der Waals surface area contributed by atoms with Crippen molar-refractivity contribution in [3.05, 3.63) is 59.7 Å². The largest absolute Gasteiger partial charge is 0.491 e. The second kappa shape index (κ2) is 10.2. The molecule has 0 aromatic heterocycles. The van der Waals surface area contributed by atoms with Gasteiger partial charge in [-0.15, -0.1) is 0 Å². The number of nitrogens with one attached hydrogen (secondary N) is 1. The summed E-state index contributed by atoms with van der Waals surface area (Å²) in [7, 11) is 1.61. The smallest absolute Gasteiger partial charge is 0.338 e. The van der Waals surface area contributed by atoms with E-state index in [0.717, 1.165) is 6.42 Å². The number of carbonyl (C=O) groups is 2. The minimum atomic E-state index is -0.367. The summed E-state index contributed by atoms with van der Waals surface area (Å²) in [5.41, 5.74) is 1.56. The summed E-state index contributed by atoms with van der Waals surface area (Å²) in [6.07, 6.45) is 0.774. The Morgan fingerprint density at radius 2 is 1.54 bits per heavy atom. The first-order valence-electron chi connectivity index (χ1n) is 8.44. The van der Waals surface area contributed by atoms with E-state index < -0.39 is 0 Å². The molecule has 1 amide bonds. The lowest BCUT2D eigenvalue weighted by atomic mass is 10.1. The van der Waals surface area contributed by atoms with Crippen LogP contribution in [0.15, 0.2) is 48.5 Å². The Hall–Kier alpha value is -2.86. The van der Waals surface area contributed by atoms with Crippen LogP contribution < -0.4 is 10.1 Å². The van der Waals surface area contributed by atoms with Crippen LogP contribution in [0.25, 0.3) is 0 Å². The maximum atomic E-state index is 12.3. The molecule has 0 radical (unpaired) electrons. The number of carbonyl (C=O) groups excluding carboxylic acids is 2. The molecule has 2 aromatic rings. The normalized spacial score (nSPS) is 10.2. The number of hydrogen-bond acceptors (Lipinski definition) is 5. The molecule has 0 unspecified atom stereocenters.